The molecule has 156 valence electrons. The van der Waals surface area contributed by atoms with E-state index in [4.69, 9.17) is 0 Å². The van der Waals surface area contributed by atoms with E-state index in [-0.39, 0.29) is 17.4 Å². The quantitative estimate of drug-likeness (QED) is 0.245. The molecule has 0 aliphatic heterocycles. The lowest BCUT2D eigenvalue weighted by Crippen LogP contribution is -2.05. The van der Waals surface area contributed by atoms with E-state index in [1.165, 1.54) is 41.6 Å². The van der Waals surface area contributed by atoms with Gasteiger partial charge in [0, 0.05) is 16.1 Å². The zero-order valence-corrected chi connectivity index (χ0v) is 18.5. The normalized spacial score (nSPS) is 10.9. The average Bonchev–Trinajstić information content (AvgIpc) is 3.21. The fourth-order valence-corrected chi connectivity index (χ4v) is 4.63. The van der Waals surface area contributed by atoms with Gasteiger partial charge in [0.15, 0.2) is 10.9 Å². The van der Waals surface area contributed by atoms with Gasteiger partial charge in [-0.25, -0.2) is 4.39 Å². The van der Waals surface area contributed by atoms with Gasteiger partial charge in [0.05, 0.1) is 11.5 Å². The molecule has 0 unspecified atom stereocenters. The molecule has 0 bridgehead atoms. The summed E-state index contributed by atoms with van der Waals surface area (Å²) in [5.74, 6) is 1.22. The Morgan fingerprint density at radius 3 is 2.32 bits per heavy atom. The lowest BCUT2D eigenvalue weighted by atomic mass is 10.1. The number of ketones is 1. The number of thioether (sulfide) groups is 2. The van der Waals surface area contributed by atoms with Crippen LogP contribution in [0.5, 0.6) is 0 Å². The van der Waals surface area contributed by atoms with Crippen molar-refractivity contribution in [1.29, 1.82) is 0 Å². The number of hydrogen-bond acceptors (Lipinski definition) is 5. The number of rotatable bonds is 8. The molecule has 0 N–H and O–H groups in total. The highest BCUT2D eigenvalue weighted by molar-refractivity contribution is 7.99. The predicted molar refractivity (Wildman–Crippen MR) is 124 cm³/mol. The standard InChI is InChI=1S/C24H20FN3OS2/c1-17-7-13-21(14-8-17)30-16-23-26-27-24(28(23)20-5-3-2-4-6-20)31-15-22(29)18-9-11-19(25)12-10-18/h2-14H,15-16H2,1H3. The summed E-state index contributed by atoms with van der Waals surface area (Å²) in [4.78, 5) is 13.7. The van der Waals surface area contributed by atoms with Gasteiger partial charge in [0.25, 0.3) is 0 Å². The van der Waals surface area contributed by atoms with E-state index in [0.29, 0.717) is 16.5 Å². The second-order valence-electron chi connectivity index (χ2n) is 6.89. The predicted octanol–water partition coefficient (Wildman–Crippen LogP) is 5.98. The second-order valence-corrected chi connectivity index (χ2v) is 8.88. The molecule has 0 fully saturated rings. The van der Waals surface area contributed by atoms with E-state index < -0.39 is 0 Å². The van der Waals surface area contributed by atoms with Crippen molar-refractivity contribution >= 4 is 29.3 Å². The number of aromatic nitrogens is 3. The zero-order chi connectivity index (χ0) is 21.6. The third-order valence-electron chi connectivity index (χ3n) is 4.60. The molecule has 1 aromatic heterocycles. The van der Waals surface area contributed by atoms with Crippen LogP contribution in [-0.2, 0) is 5.75 Å². The van der Waals surface area contributed by atoms with Crippen LogP contribution in [0.2, 0.25) is 0 Å². The summed E-state index contributed by atoms with van der Waals surface area (Å²) in [7, 11) is 0. The topological polar surface area (TPSA) is 47.8 Å². The SMILES string of the molecule is Cc1ccc(SCc2nnc(SCC(=O)c3ccc(F)cc3)n2-c2ccccc2)cc1. The Morgan fingerprint density at radius 2 is 1.61 bits per heavy atom. The number of nitrogens with zero attached hydrogens (tertiary/aromatic N) is 3. The Morgan fingerprint density at radius 1 is 0.903 bits per heavy atom. The first-order chi connectivity index (χ1) is 15.1. The van der Waals surface area contributed by atoms with Crippen LogP contribution < -0.4 is 0 Å². The molecule has 4 nitrogen and oxygen atoms in total. The van der Waals surface area contributed by atoms with Crippen LogP contribution in [0.25, 0.3) is 5.69 Å². The highest BCUT2D eigenvalue weighted by atomic mass is 32.2. The summed E-state index contributed by atoms with van der Waals surface area (Å²) in [6, 6.07) is 23.8. The van der Waals surface area contributed by atoms with Gasteiger partial charge in [0.1, 0.15) is 11.6 Å². The number of benzene rings is 3. The number of Topliss-reactive ketones (excluding diaryl/α,β-unsaturated/α-hetero) is 1. The van der Waals surface area contributed by atoms with E-state index in [1.54, 1.807) is 11.8 Å². The van der Waals surface area contributed by atoms with Crippen molar-refractivity contribution in [3.05, 3.63) is 102 Å². The molecule has 3 aromatic carbocycles. The molecule has 4 aromatic rings. The molecular weight excluding hydrogens is 429 g/mol. The van der Waals surface area contributed by atoms with Gasteiger partial charge in [-0.15, -0.1) is 22.0 Å². The summed E-state index contributed by atoms with van der Waals surface area (Å²) >= 11 is 3.02. The molecule has 31 heavy (non-hydrogen) atoms. The van der Waals surface area contributed by atoms with Crippen LogP contribution in [0.1, 0.15) is 21.7 Å². The molecule has 0 saturated heterocycles. The number of carbonyl (C=O) groups is 1. The second kappa shape index (κ2) is 9.94. The van der Waals surface area contributed by atoms with Crippen LogP contribution in [-0.4, -0.2) is 26.3 Å². The fraction of sp³-hybridized carbons (Fsp3) is 0.125. The van der Waals surface area contributed by atoms with E-state index in [0.717, 1.165) is 16.4 Å². The third kappa shape index (κ3) is 5.42. The summed E-state index contributed by atoms with van der Waals surface area (Å²) < 4.78 is 15.1. The monoisotopic (exact) mass is 449 g/mol. The van der Waals surface area contributed by atoms with E-state index in [1.807, 2.05) is 34.9 Å². The number of carbonyl (C=O) groups excluding carboxylic acids is 1. The maximum atomic E-state index is 13.1. The maximum absolute atomic E-state index is 13.1. The number of aryl methyl sites for hydroxylation is 1. The number of halogens is 1. The molecule has 0 spiro atoms. The molecule has 0 aliphatic carbocycles. The molecule has 0 amide bonds. The van der Waals surface area contributed by atoms with Gasteiger partial charge in [-0.2, -0.15) is 0 Å². The van der Waals surface area contributed by atoms with Crippen molar-refractivity contribution in [2.24, 2.45) is 0 Å². The van der Waals surface area contributed by atoms with Crippen LogP contribution in [0.4, 0.5) is 4.39 Å². The minimum absolute atomic E-state index is 0.0804. The molecular formula is C24H20FN3OS2. The molecule has 0 saturated carbocycles. The summed E-state index contributed by atoms with van der Waals surface area (Å²) in [6.45, 7) is 2.07. The Balaban J connectivity index is 1.53. The minimum Gasteiger partial charge on any atom is -0.293 e. The van der Waals surface area contributed by atoms with Crippen LogP contribution in [0, 0.1) is 12.7 Å². The van der Waals surface area contributed by atoms with Gasteiger partial charge in [-0.05, 0) is 55.5 Å². The zero-order valence-electron chi connectivity index (χ0n) is 16.9. The first-order valence-electron chi connectivity index (χ1n) is 9.71. The Kier molecular flexibility index (Phi) is 6.84. The van der Waals surface area contributed by atoms with Crippen LogP contribution in [0.15, 0.2) is 88.9 Å². The maximum Gasteiger partial charge on any atom is 0.196 e. The fourth-order valence-electron chi connectivity index (χ4n) is 2.96. The van der Waals surface area contributed by atoms with Crippen LogP contribution in [0.3, 0.4) is 0 Å². The smallest absolute Gasteiger partial charge is 0.196 e. The van der Waals surface area contributed by atoms with Gasteiger partial charge in [0.2, 0.25) is 0 Å². The van der Waals surface area contributed by atoms with Gasteiger partial charge >= 0.3 is 0 Å². The minimum atomic E-state index is -0.358. The molecule has 7 heteroatoms. The van der Waals surface area contributed by atoms with Crippen molar-refractivity contribution < 1.29 is 9.18 Å². The van der Waals surface area contributed by atoms with Crippen molar-refractivity contribution in [2.75, 3.05) is 5.75 Å². The Bertz CT molecular complexity index is 1160. The first kappa shape index (κ1) is 21.3. The average molecular weight is 450 g/mol. The van der Waals surface area contributed by atoms with Gasteiger partial charge in [-0.1, -0.05) is 47.7 Å². The highest BCUT2D eigenvalue weighted by Crippen LogP contribution is 2.28. The molecule has 0 radical (unpaired) electrons. The van der Waals surface area contributed by atoms with Crippen molar-refractivity contribution in [3.8, 4) is 5.69 Å². The van der Waals surface area contributed by atoms with Crippen molar-refractivity contribution in [3.63, 3.8) is 0 Å². The molecule has 1 heterocycles. The van der Waals surface area contributed by atoms with Crippen molar-refractivity contribution in [1.82, 2.24) is 14.8 Å². The third-order valence-corrected chi connectivity index (χ3v) is 6.54. The molecule has 0 aliphatic rings. The Labute approximate surface area is 188 Å². The van der Waals surface area contributed by atoms with Gasteiger partial charge < -0.3 is 0 Å². The first-order valence-corrected chi connectivity index (χ1v) is 11.7. The summed E-state index contributed by atoms with van der Waals surface area (Å²) in [5, 5.41) is 9.40. The number of para-hydroxylation sites is 1. The highest BCUT2D eigenvalue weighted by Gasteiger charge is 2.17. The van der Waals surface area contributed by atoms with Crippen molar-refractivity contribution in [2.45, 2.75) is 22.7 Å². The lowest BCUT2D eigenvalue weighted by Gasteiger charge is -2.10. The van der Waals surface area contributed by atoms with E-state index >= 15 is 0 Å². The van der Waals surface area contributed by atoms with E-state index in [9.17, 15) is 9.18 Å². The van der Waals surface area contributed by atoms with Gasteiger partial charge in [-0.3, -0.25) is 9.36 Å². The molecule has 4 rings (SSSR count). The number of hydrogen-bond donors (Lipinski definition) is 0. The Hall–Kier alpha value is -2.90. The molecule has 0 atom stereocenters. The largest absolute Gasteiger partial charge is 0.293 e. The van der Waals surface area contributed by atoms with Crippen LogP contribution >= 0.6 is 23.5 Å². The lowest BCUT2D eigenvalue weighted by molar-refractivity contribution is 0.102. The summed E-state index contributed by atoms with van der Waals surface area (Å²) in [6.07, 6.45) is 0. The summed E-state index contributed by atoms with van der Waals surface area (Å²) in [5.41, 5.74) is 2.65. The van der Waals surface area contributed by atoms with E-state index in [2.05, 4.69) is 41.4 Å².